The molecule has 6 heteroatoms. The first-order chi connectivity index (χ1) is 6.57. The monoisotopic (exact) mass is 213 g/mol. The van der Waals surface area contributed by atoms with Crippen molar-refractivity contribution in [3.8, 4) is 0 Å². The third-order valence-electron chi connectivity index (χ3n) is 2.00. The summed E-state index contributed by atoms with van der Waals surface area (Å²) >= 11 is 0. The molecular formula is C8H11N3O2S. The van der Waals surface area contributed by atoms with Gasteiger partial charge in [-0.25, -0.2) is 18.5 Å². The summed E-state index contributed by atoms with van der Waals surface area (Å²) in [6.45, 7) is 0. The number of aromatic nitrogens is 1. The van der Waals surface area contributed by atoms with E-state index in [2.05, 4.69) is 10.3 Å². The van der Waals surface area contributed by atoms with E-state index in [0.717, 1.165) is 12.8 Å². The van der Waals surface area contributed by atoms with E-state index in [1.807, 2.05) is 0 Å². The minimum atomic E-state index is -3.68. The molecule has 1 aliphatic carbocycles. The highest BCUT2D eigenvalue weighted by Crippen LogP contribution is 2.26. The lowest BCUT2D eigenvalue weighted by Crippen LogP contribution is -2.16. The molecule has 0 atom stereocenters. The van der Waals surface area contributed by atoms with Gasteiger partial charge < -0.3 is 5.32 Å². The number of nitrogens with one attached hydrogen (secondary N) is 1. The summed E-state index contributed by atoms with van der Waals surface area (Å²) in [5.74, 6) is 0.359. The third kappa shape index (κ3) is 2.02. The zero-order valence-corrected chi connectivity index (χ0v) is 8.29. The Hall–Kier alpha value is -1.14. The van der Waals surface area contributed by atoms with Crippen LogP contribution in [-0.4, -0.2) is 19.4 Å². The molecule has 0 spiro atoms. The number of pyridine rings is 1. The number of primary sulfonamides is 1. The van der Waals surface area contributed by atoms with Gasteiger partial charge in [0.1, 0.15) is 10.7 Å². The van der Waals surface area contributed by atoms with Crippen LogP contribution in [0.1, 0.15) is 12.8 Å². The highest BCUT2D eigenvalue weighted by Gasteiger charge is 2.24. The summed E-state index contributed by atoms with van der Waals surface area (Å²) in [5.41, 5.74) is 0. The Balaban J connectivity index is 2.37. The number of hydrogen-bond acceptors (Lipinski definition) is 4. The Morgan fingerprint density at radius 3 is 2.79 bits per heavy atom. The van der Waals surface area contributed by atoms with Crippen LogP contribution < -0.4 is 10.5 Å². The first-order valence-corrected chi connectivity index (χ1v) is 5.86. The van der Waals surface area contributed by atoms with Crippen LogP contribution in [-0.2, 0) is 10.0 Å². The van der Waals surface area contributed by atoms with Crippen molar-refractivity contribution in [3.63, 3.8) is 0 Å². The van der Waals surface area contributed by atoms with Gasteiger partial charge in [-0.1, -0.05) is 0 Å². The largest absolute Gasteiger partial charge is 0.366 e. The van der Waals surface area contributed by atoms with Gasteiger partial charge in [0.2, 0.25) is 10.0 Å². The van der Waals surface area contributed by atoms with Crippen molar-refractivity contribution < 1.29 is 8.42 Å². The molecule has 1 aromatic rings. The maximum atomic E-state index is 11.2. The first-order valence-electron chi connectivity index (χ1n) is 4.32. The molecule has 5 nitrogen and oxygen atoms in total. The lowest BCUT2D eigenvalue weighted by molar-refractivity contribution is 0.597. The molecule has 1 fully saturated rings. The fourth-order valence-corrected chi connectivity index (χ4v) is 1.80. The highest BCUT2D eigenvalue weighted by molar-refractivity contribution is 7.89. The van der Waals surface area contributed by atoms with E-state index in [4.69, 9.17) is 5.14 Å². The van der Waals surface area contributed by atoms with Gasteiger partial charge in [0.05, 0.1) is 0 Å². The van der Waals surface area contributed by atoms with E-state index in [1.165, 1.54) is 6.07 Å². The lowest BCUT2D eigenvalue weighted by Gasteiger charge is -2.07. The molecule has 1 aliphatic rings. The molecule has 0 aromatic carbocycles. The summed E-state index contributed by atoms with van der Waals surface area (Å²) in [4.78, 5) is 4.02. The standard InChI is InChI=1S/C8H11N3O2S/c9-14(12,13)7-2-1-5-10-8(7)11-6-3-4-6/h1-2,5-6H,3-4H2,(H,10,11)(H2,9,12,13). The van der Waals surface area contributed by atoms with Crippen LogP contribution in [0.4, 0.5) is 5.82 Å². The Labute approximate surface area is 82.4 Å². The molecule has 1 heterocycles. The van der Waals surface area contributed by atoms with Gasteiger partial charge in [-0.3, -0.25) is 0 Å². The summed E-state index contributed by atoms with van der Waals surface area (Å²) in [5, 5.41) is 8.07. The Morgan fingerprint density at radius 2 is 2.21 bits per heavy atom. The van der Waals surface area contributed by atoms with Crippen molar-refractivity contribution in [3.05, 3.63) is 18.3 Å². The lowest BCUT2D eigenvalue weighted by atomic mass is 10.4. The van der Waals surface area contributed by atoms with Crippen molar-refractivity contribution >= 4 is 15.8 Å². The predicted molar refractivity (Wildman–Crippen MR) is 52.3 cm³/mol. The SMILES string of the molecule is NS(=O)(=O)c1cccnc1NC1CC1. The van der Waals surface area contributed by atoms with Crippen LogP contribution >= 0.6 is 0 Å². The Morgan fingerprint density at radius 1 is 1.50 bits per heavy atom. The normalized spacial score (nSPS) is 16.6. The molecule has 0 saturated heterocycles. The minimum absolute atomic E-state index is 0.0619. The van der Waals surface area contributed by atoms with Crippen molar-refractivity contribution in [2.24, 2.45) is 5.14 Å². The molecule has 1 aromatic heterocycles. The van der Waals surface area contributed by atoms with E-state index in [1.54, 1.807) is 12.3 Å². The second-order valence-corrected chi connectivity index (χ2v) is 4.84. The smallest absolute Gasteiger partial charge is 0.241 e. The van der Waals surface area contributed by atoms with Gasteiger partial charge in [-0.05, 0) is 25.0 Å². The number of anilines is 1. The molecule has 2 rings (SSSR count). The minimum Gasteiger partial charge on any atom is -0.366 e. The first kappa shape index (κ1) is 9.42. The molecule has 0 aliphatic heterocycles. The van der Waals surface area contributed by atoms with E-state index in [9.17, 15) is 8.42 Å². The molecule has 0 unspecified atom stereocenters. The maximum absolute atomic E-state index is 11.2. The molecule has 1 saturated carbocycles. The summed E-state index contributed by atoms with van der Waals surface area (Å²) in [6.07, 6.45) is 3.65. The number of sulfonamides is 1. The van der Waals surface area contributed by atoms with E-state index in [0.29, 0.717) is 11.9 Å². The Kier molecular flexibility index (Phi) is 2.16. The van der Waals surface area contributed by atoms with Crippen LogP contribution in [0.3, 0.4) is 0 Å². The van der Waals surface area contributed by atoms with Gasteiger partial charge in [-0.2, -0.15) is 0 Å². The van der Waals surface area contributed by atoms with Crippen LogP contribution in [0.2, 0.25) is 0 Å². The summed E-state index contributed by atoms with van der Waals surface area (Å²) in [6, 6.07) is 3.36. The van der Waals surface area contributed by atoms with Crippen LogP contribution in [0, 0.1) is 0 Å². The fourth-order valence-electron chi connectivity index (χ4n) is 1.15. The molecule has 0 bridgehead atoms. The van der Waals surface area contributed by atoms with Crippen LogP contribution in [0.25, 0.3) is 0 Å². The van der Waals surface area contributed by atoms with Gasteiger partial charge in [0.15, 0.2) is 0 Å². The van der Waals surface area contributed by atoms with Crippen LogP contribution in [0.15, 0.2) is 23.2 Å². The van der Waals surface area contributed by atoms with Crippen LogP contribution in [0.5, 0.6) is 0 Å². The van der Waals surface area contributed by atoms with Gasteiger partial charge in [0, 0.05) is 12.2 Å². The van der Waals surface area contributed by atoms with Gasteiger partial charge in [-0.15, -0.1) is 0 Å². The number of nitrogens with two attached hydrogens (primary N) is 1. The van der Waals surface area contributed by atoms with Gasteiger partial charge >= 0.3 is 0 Å². The second-order valence-electron chi connectivity index (χ2n) is 3.31. The van der Waals surface area contributed by atoms with E-state index < -0.39 is 10.0 Å². The van der Waals surface area contributed by atoms with Crippen molar-refractivity contribution in [1.82, 2.24) is 4.98 Å². The van der Waals surface area contributed by atoms with Crippen molar-refractivity contribution in [2.45, 2.75) is 23.8 Å². The molecule has 3 N–H and O–H groups in total. The highest BCUT2D eigenvalue weighted by atomic mass is 32.2. The van der Waals surface area contributed by atoms with Crippen molar-refractivity contribution in [1.29, 1.82) is 0 Å². The molecule has 0 radical (unpaired) electrons. The summed E-state index contributed by atoms with van der Waals surface area (Å²) in [7, 11) is -3.68. The zero-order valence-electron chi connectivity index (χ0n) is 7.47. The number of nitrogens with zero attached hydrogens (tertiary/aromatic N) is 1. The topological polar surface area (TPSA) is 85.1 Å². The zero-order chi connectivity index (χ0) is 10.2. The second kappa shape index (κ2) is 3.21. The average Bonchev–Trinajstić information content (AvgIpc) is 2.87. The van der Waals surface area contributed by atoms with Crippen molar-refractivity contribution in [2.75, 3.05) is 5.32 Å². The van der Waals surface area contributed by atoms with E-state index in [-0.39, 0.29) is 4.90 Å². The third-order valence-corrected chi connectivity index (χ3v) is 2.94. The molecule has 0 amide bonds. The maximum Gasteiger partial charge on any atom is 0.241 e. The fraction of sp³-hybridized carbons (Fsp3) is 0.375. The molecule has 14 heavy (non-hydrogen) atoms. The average molecular weight is 213 g/mol. The molecule has 76 valence electrons. The quantitative estimate of drug-likeness (QED) is 0.756. The predicted octanol–water partition coefficient (Wildman–Crippen LogP) is 0.303. The van der Waals surface area contributed by atoms with E-state index >= 15 is 0 Å². The number of rotatable bonds is 3. The molecular weight excluding hydrogens is 202 g/mol. The summed E-state index contributed by atoms with van der Waals surface area (Å²) < 4.78 is 22.3. The number of hydrogen-bond donors (Lipinski definition) is 2. The van der Waals surface area contributed by atoms with Gasteiger partial charge in [0.25, 0.3) is 0 Å². The Bertz CT molecular complexity index is 440.